The van der Waals surface area contributed by atoms with Gasteiger partial charge in [-0.15, -0.1) is 0 Å². The molecule has 0 aromatic carbocycles. The van der Waals surface area contributed by atoms with Crippen molar-refractivity contribution in [3.05, 3.63) is 122 Å². The summed E-state index contributed by atoms with van der Waals surface area (Å²) in [5.74, 6) is -0.991. The van der Waals surface area contributed by atoms with Crippen molar-refractivity contribution in [3.63, 3.8) is 0 Å². The van der Waals surface area contributed by atoms with Crippen molar-refractivity contribution in [3.8, 4) is 0 Å². The molecule has 0 saturated carbocycles. The molecule has 0 rings (SSSR count). The molecule has 0 aliphatic rings. The number of esters is 3. The first-order valence-electron chi connectivity index (χ1n) is 29.1. The Morgan fingerprint density at radius 1 is 0.310 bits per heavy atom. The number of unbranched alkanes of at least 4 members (excludes halogenated alkanes) is 23. The van der Waals surface area contributed by atoms with Crippen molar-refractivity contribution in [2.45, 2.75) is 258 Å². The summed E-state index contributed by atoms with van der Waals surface area (Å²) in [5, 5.41) is 0. The van der Waals surface area contributed by atoms with E-state index in [4.69, 9.17) is 14.2 Å². The van der Waals surface area contributed by atoms with Gasteiger partial charge >= 0.3 is 17.9 Å². The lowest BCUT2D eigenvalue weighted by molar-refractivity contribution is -0.167. The molecule has 0 amide bonds. The van der Waals surface area contributed by atoms with Crippen LogP contribution in [0.2, 0.25) is 0 Å². The Balaban J connectivity index is 4.55. The Labute approximate surface area is 437 Å². The second-order valence-electron chi connectivity index (χ2n) is 18.9. The Hall–Kier alpha value is -4.19. The molecule has 0 aliphatic heterocycles. The van der Waals surface area contributed by atoms with Gasteiger partial charge < -0.3 is 14.2 Å². The summed E-state index contributed by atoms with van der Waals surface area (Å²) in [4.78, 5) is 38.2. The van der Waals surface area contributed by atoms with E-state index in [9.17, 15) is 14.4 Å². The van der Waals surface area contributed by atoms with Crippen LogP contribution in [0.5, 0.6) is 0 Å². The molecule has 0 heterocycles. The molecule has 0 saturated heterocycles. The third kappa shape index (κ3) is 56.6. The topological polar surface area (TPSA) is 78.9 Å². The molecule has 1 unspecified atom stereocenters. The summed E-state index contributed by atoms with van der Waals surface area (Å²) >= 11 is 0. The average molecular weight is 984 g/mol. The Kier molecular flexibility index (Phi) is 54.9. The molecule has 402 valence electrons. The second-order valence-corrected chi connectivity index (χ2v) is 18.9. The number of allylic oxidation sites excluding steroid dienone is 20. The summed E-state index contributed by atoms with van der Waals surface area (Å²) in [6, 6.07) is 0. The maximum Gasteiger partial charge on any atom is 0.306 e. The molecule has 0 radical (unpaired) electrons. The number of carbonyl (C=O) groups is 3. The first kappa shape index (κ1) is 66.8. The summed E-state index contributed by atoms with van der Waals surface area (Å²) in [6.45, 7) is 6.43. The molecule has 0 spiro atoms. The largest absolute Gasteiger partial charge is 0.462 e. The fourth-order valence-electron chi connectivity index (χ4n) is 7.64. The standard InChI is InChI=1S/C65H106O6/c1-4-7-10-13-16-19-22-25-28-31-33-35-37-40-43-46-49-52-55-58-64(67)70-61-62(60-69-63(66)57-54-51-48-45-42-39-36-30-27-24-21-18-15-12-9-6-3)71-65(68)59-56-53-50-47-44-41-38-34-32-29-26-23-20-17-14-11-8-5-2/h7,10,16,19,23,25-26,28-30,32-36,38-40,42-43,62H,4-6,8-9,11-15,17-18,20-22,24,27,31,37,41,44-61H2,1-3H3/b10-7-,19-16-,26-23-,28-25-,32-29-,35-33-,36-30-,38-34-,42-39-,43-40-. The minimum absolute atomic E-state index is 0.114. The van der Waals surface area contributed by atoms with Gasteiger partial charge in [-0.25, -0.2) is 0 Å². The van der Waals surface area contributed by atoms with Gasteiger partial charge in [0.25, 0.3) is 0 Å². The van der Waals surface area contributed by atoms with E-state index in [0.29, 0.717) is 12.8 Å². The van der Waals surface area contributed by atoms with Crippen LogP contribution in [-0.4, -0.2) is 37.2 Å². The normalized spacial score (nSPS) is 13.0. The van der Waals surface area contributed by atoms with E-state index in [1.165, 1.54) is 77.0 Å². The van der Waals surface area contributed by atoms with Crippen molar-refractivity contribution in [1.82, 2.24) is 0 Å². The van der Waals surface area contributed by atoms with Gasteiger partial charge in [-0.3, -0.25) is 14.4 Å². The zero-order valence-corrected chi connectivity index (χ0v) is 45.9. The maximum absolute atomic E-state index is 12.9. The Morgan fingerprint density at radius 3 is 1.00 bits per heavy atom. The van der Waals surface area contributed by atoms with Crippen LogP contribution in [0.25, 0.3) is 0 Å². The highest BCUT2D eigenvalue weighted by molar-refractivity contribution is 5.71. The molecule has 1 atom stereocenters. The van der Waals surface area contributed by atoms with Gasteiger partial charge in [-0.1, -0.05) is 239 Å². The van der Waals surface area contributed by atoms with Crippen molar-refractivity contribution in [2.75, 3.05) is 13.2 Å². The van der Waals surface area contributed by atoms with E-state index < -0.39 is 6.10 Å². The van der Waals surface area contributed by atoms with Crippen LogP contribution >= 0.6 is 0 Å². The van der Waals surface area contributed by atoms with Gasteiger partial charge in [-0.2, -0.15) is 0 Å². The molecule has 71 heavy (non-hydrogen) atoms. The third-order valence-electron chi connectivity index (χ3n) is 12.0. The average Bonchev–Trinajstić information content (AvgIpc) is 3.37. The smallest absolute Gasteiger partial charge is 0.306 e. The first-order chi connectivity index (χ1) is 35.0. The molecule has 0 N–H and O–H groups in total. The predicted molar refractivity (Wildman–Crippen MR) is 306 cm³/mol. The number of hydrogen-bond donors (Lipinski definition) is 0. The molecule has 0 aliphatic carbocycles. The quantitative estimate of drug-likeness (QED) is 0.0199. The summed E-state index contributed by atoms with van der Waals surface area (Å²) < 4.78 is 16.8. The van der Waals surface area contributed by atoms with E-state index in [1.807, 2.05) is 0 Å². The maximum atomic E-state index is 12.9. The van der Waals surface area contributed by atoms with Crippen molar-refractivity contribution < 1.29 is 28.6 Å². The van der Waals surface area contributed by atoms with Crippen molar-refractivity contribution in [1.29, 1.82) is 0 Å². The summed E-state index contributed by atoms with van der Waals surface area (Å²) in [6.07, 6.45) is 80.4. The van der Waals surface area contributed by atoms with Crippen molar-refractivity contribution in [2.24, 2.45) is 0 Å². The van der Waals surface area contributed by atoms with Gasteiger partial charge in [0, 0.05) is 19.3 Å². The predicted octanol–water partition coefficient (Wildman–Crippen LogP) is 19.6. The van der Waals surface area contributed by atoms with Crippen LogP contribution in [0.15, 0.2) is 122 Å². The van der Waals surface area contributed by atoms with Crippen molar-refractivity contribution >= 4 is 17.9 Å². The summed E-state index contributed by atoms with van der Waals surface area (Å²) in [7, 11) is 0. The van der Waals surface area contributed by atoms with Gasteiger partial charge in [0.15, 0.2) is 6.10 Å². The highest BCUT2D eigenvalue weighted by Gasteiger charge is 2.19. The minimum Gasteiger partial charge on any atom is -0.462 e. The van der Waals surface area contributed by atoms with Gasteiger partial charge in [0.1, 0.15) is 13.2 Å². The molecule has 6 nitrogen and oxygen atoms in total. The SMILES string of the molecule is CC/C=C\C/C=C\C/C=C\C/C=C\C/C=C\CCCCCC(=O)OCC(COC(=O)CCCCC/C=C\C=C/CCCCCCCCC)OC(=O)CCCCCCC\C=C/C=C\C=C/CCCCCCC. The van der Waals surface area contributed by atoms with Crippen LogP contribution in [0.3, 0.4) is 0 Å². The van der Waals surface area contributed by atoms with E-state index in [2.05, 4.69) is 142 Å². The number of rotatable bonds is 51. The molecular formula is C65H106O6. The molecule has 6 heteroatoms. The van der Waals surface area contributed by atoms with E-state index in [1.54, 1.807) is 0 Å². The molecule has 0 fully saturated rings. The van der Waals surface area contributed by atoms with Gasteiger partial charge in [0.2, 0.25) is 0 Å². The number of hydrogen-bond acceptors (Lipinski definition) is 6. The van der Waals surface area contributed by atoms with Crippen LogP contribution in [0.4, 0.5) is 0 Å². The zero-order valence-electron chi connectivity index (χ0n) is 45.9. The lowest BCUT2D eigenvalue weighted by Crippen LogP contribution is -2.30. The summed E-state index contributed by atoms with van der Waals surface area (Å²) in [5.41, 5.74) is 0. The lowest BCUT2D eigenvalue weighted by atomic mass is 10.1. The third-order valence-corrected chi connectivity index (χ3v) is 12.0. The lowest BCUT2D eigenvalue weighted by Gasteiger charge is -2.18. The highest BCUT2D eigenvalue weighted by atomic mass is 16.6. The zero-order chi connectivity index (χ0) is 51.4. The van der Waals surface area contributed by atoms with Crippen LogP contribution in [-0.2, 0) is 28.6 Å². The van der Waals surface area contributed by atoms with Crippen LogP contribution in [0.1, 0.15) is 252 Å². The van der Waals surface area contributed by atoms with E-state index >= 15 is 0 Å². The molecule has 0 bridgehead atoms. The Morgan fingerprint density at radius 2 is 0.606 bits per heavy atom. The second kappa shape index (κ2) is 58.4. The highest BCUT2D eigenvalue weighted by Crippen LogP contribution is 2.13. The van der Waals surface area contributed by atoms with E-state index in [0.717, 1.165) is 135 Å². The van der Waals surface area contributed by atoms with Gasteiger partial charge in [0.05, 0.1) is 0 Å². The van der Waals surface area contributed by atoms with E-state index in [-0.39, 0.29) is 37.5 Å². The van der Waals surface area contributed by atoms with Crippen LogP contribution < -0.4 is 0 Å². The number of ether oxygens (including phenoxy) is 3. The fourth-order valence-corrected chi connectivity index (χ4v) is 7.64. The molecule has 0 aromatic rings. The van der Waals surface area contributed by atoms with Crippen LogP contribution in [0, 0.1) is 0 Å². The monoisotopic (exact) mass is 983 g/mol. The molecule has 0 aromatic heterocycles. The number of carbonyl (C=O) groups excluding carboxylic acids is 3. The fraction of sp³-hybridized carbons (Fsp3) is 0.646. The van der Waals surface area contributed by atoms with Gasteiger partial charge in [-0.05, 0) is 116 Å². The Bertz CT molecular complexity index is 1500. The minimum atomic E-state index is -0.818. The first-order valence-corrected chi connectivity index (χ1v) is 29.1. The molecular weight excluding hydrogens is 877 g/mol.